The van der Waals surface area contributed by atoms with Gasteiger partial charge in [-0.2, -0.15) is 5.10 Å². The smallest absolute Gasteiger partial charge is 0.263 e. The van der Waals surface area contributed by atoms with Gasteiger partial charge in [-0.3, -0.25) is 4.79 Å². The van der Waals surface area contributed by atoms with Crippen LogP contribution in [-0.4, -0.2) is 49.7 Å². The van der Waals surface area contributed by atoms with Crippen molar-refractivity contribution in [1.29, 1.82) is 0 Å². The summed E-state index contributed by atoms with van der Waals surface area (Å²) in [6.07, 6.45) is 5.10. The third-order valence-electron chi connectivity index (χ3n) is 5.34. The fourth-order valence-electron chi connectivity index (χ4n) is 3.87. The molecule has 0 aliphatic carbocycles. The van der Waals surface area contributed by atoms with Crippen LogP contribution in [0.5, 0.6) is 5.75 Å². The number of halogens is 1. The maximum Gasteiger partial charge on any atom is 0.263 e. The third-order valence-corrected chi connectivity index (χ3v) is 5.34. The van der Waals surface area contributed by atoms with E-state index in [0.717, 1.165) is 29.7 Å². The van der Waals surface area contributed by atoms with Crippen LogP contribution in [0.15, 0.2) is 36.7 Å². The monoisotopic (exact) mass is 397 g/mol. The van der Waals surface area contributed by atoms with E-state index in [2.05, 4.69) is 15.1 Å². The molecule has 0 saturated carbocycles. The number of amides is 1. The zero-order valence-electron chi connectivity index (χ0n) is 16.6. The van der Waals surface area contributed by atoms with E-state index >= 15 is 0 Å². The summed E-state index contributed by atoms with van der Waals surface area (Å²) in [5.74, 6) is 0.219. The van der Waals surface area contributed by atoms with Crippen LogP contribution in [0, 0.1) is 5.82 Å². The number of benzene rings is 1. The van der Waals surface area contributed by atoms with Gasteiger partial charge >= 0.3 is 0 Å². The number of aromatic nitrogens is 4. The first-order valence-electron chi connectivity index (χ1n) is 9.91. The van der Waals surface area contributed by atoms with E-state index < -0.39 is 6.10 Å². The SMILES string of the molecule is CC[C@H](Oc1ccc(F)cc1)C(=O)N1CCC[C@H](c2nn(C)c3nccnc23)C1. The average molecular weight is 397 g/mol. The number of rotatable bonds is 5. The third kappa shape index (κ3) is 3.92. The minimum absolute atomic E-state index is 0.0483. The largest absolute Gasteiger partial charge is 0.481 e. The first kappa shape index (κ1) is 19.3. The molecule has 1 aliphatic rings. The number of carbonyl (C=O) groups is 1. The standard InChI is InChI=1S/C21H24FN5O2/c1-3-17(29-16-8-6-15(22)7-9-16)21(28)27-12-4-5-14(13-27)18-19-20(26(2)25-18)24-11-10-23-19/h6-11,14,17H,3-5,12-13H2,1-2H3/t14-,17-/m0/s1. The Morgan fingerprint density at radius 2 is 2.03 bits per heavy atom. The second kappa shape index (κ2) is 8.14. The molecule has 4 rings (SSSR count). The van der Waals surface area contributed by atoms with Gasteiger partial charge in [-0.05, 0) is 43.5 Å². The molecule has 0 radical (unpaired) electrons. The summed E-state index contributed by atoms with van der Waals surface area (Å²) in [4.78, 5) is 23.8. The molecule has 2 atom stereocenters. The number of carbonyl (C=O) groups excluding carboxylic acids is 1. The van der Waals surface area contributed by atoms with Crippen molar-refractivity contribution in [2.75, 3.05) is 13.1 Å². The van der Waals surface area contributed by atoms with Crippen LogP contribution in [-0.2, 0) is 11.8 Å². The van der Waals surface area contributed by atoms with E-state index in [9.17, 15) is 9.18 Å². The van der Waals surface area contributed by atoms with Crippen molar-refractivity contribution in [1.82, 2.24) is 24.6 Å². The lowest BCUT2D eigenvalue weighted by atomic mass is 9.94. The molecule has 1 saturated heterocycles. The number of piperidine rings is 1. The Hall–Kier alpha value is -3.03. The molecule has 7 nitrogen and oxygen atoms in total. The van der Waals surface area contributed by atoms with Crippen molar-refractivity contribution < 1.29 is 13.9 Å². The lowest BCUT2D eigenvalue weighted by molar-refractivity contribution is -0.140. The Bertz CT molecular complexity index is 1000. The Morgan fingerprint density at radius 1 is 1.28 bits per heavy atom. The van der Waals surface area contributed by atoms with Crippen LogP contribution in [0.1, 0.15) is 37.8 Å². The van der Waals surface area contributed by atoms with Crippen molar-refractivity contribution in [3.05, 3.63) is 48.2 Å². The molecule has 1 fully saturated rings. The first-order valence-corrected chi connectivity index (χ1v) is 9.91. The van der Waals surface area contributed by atoms with Crippen LogP contribution in [0.4, 0.5) is 4.39 Å². The Morgan fingerprint density at radius 3 is 2.79 bits per heavy atom. The second-order valence-corrected chi connectivity index (χ2v) is 7.33. The van der Waals surface area contributed by atoms with E-state index in [1.54, 1.807) is 29.2 Å². The second-order valence-electron chi connectivity index (χ2n) is 7.33. The number of hydrogen-bond acceptors (Lipinski definition) is 5. The van der Waals surface area contributed by atoms with Crippen LogP contribution >= 0.6 is 0 Å². The summed E-state index contributed by atoms with van der Waals surface area (Å²) in [5, 5.41) is 4.64. The van der Waals surface area contributed by atoms with Gasteiger partial charge in [0.05, 0.1) is 5.69 Å². The van der Waals surface area contributed by atoms with E-state index in [0.29, 0.717) is 25.3 Å². The summed E-state index contributed by atoms with van der Waals surface area (Å²) in [6.45, 7) is 3.18. The van der Waals surface area contributed by atoms with Gasteiger partial charge in [0.1, 0.15) is 17.1 Å². The number of aryl methyl sites for hydroxylation is 1. The molecule has 2 aromatic heterocycles. The molecule has 8 heteroatoms. The van der Waals surface area contributed by atoms with Crippen molar-refractivity contribution in [3.8, 4) is 5.75 Å². The zero-order valence-corrected chi connectivity index (χ0v) is 16.6. The number of hydrogen-bond donors (Lipinski definition) is 0. The highest BCUT2D eigenvalue weighted by atomic mass is 19.1. The molecular weight excluding hydrogens is 373 g/mol. The molecule has 0 unspecified atom stereocenters. The topological polar surface area (TPSA) is 73.1 Å². The Kier molecular flexibility index (Phi) is 5.42. The normalized spacial score (nSPS) is 18.0. The molecule has 3 aromatic rings. The van der Waals surface area contributed by atoms with Gasteiger partial charge in [0.25, 0.3) is 5.91 Å². The molecule has 29 heavy (non-hydrogen) atoms. The summed E-state index contributed by atoms with van der Waals surface area (Å²) >= 11 is 0. The average Bonchev–Trinajstić information content (AvgIpc) is 3.10. The van der Waals surface area contributed by atoms with Crippen molar-refractivity contribution in [2.24, 2.45) is 7.05 Å². The predicted octanol–water partition coefficient (Wildman–Crippen LogP) is 3.07. The van der Waals surface area contributed by atoms with Gasteiger partial charge in [-0.25, -0.2) is 19.0 Å². The van der Waals surface area contributed by atoms with E-state index in [-0.39, 0.29) is 17.6 Å². The van der Waals surface area contributed by atoms with Gasteiger partial charge in [0.15, 0.2) is 11.8 Å². The molecule has 0 N–H and O–H groups in total. The van der Waals surface area contributed by atoms with Crippen LogP contribution in [0.2, 0.25) is 0 Å². The van der Waals surface area contributed by atoms with E-state index in [1.807, 2.05) is 18.9 Å². The first-order chi connectivity index (χ1) is 14.1. The molecule has 3 heterocycles. The molecule has 1 aliphatic heterocycles. The number of nitrogens with zero attached hydrogens (tertiary/aromatic N) is 5. The molecule has 1 amide bonds. The van der Waals surface area contributed by atoms with Gasteiger partial charge < -0.3 is 9.64 Å². The quantitative estimate of drug-likeness (QED) is 0.662. The van der Waals surface area contributed by atoms with Crippen LogP contribution in [0.3, 0.4) is 0 Å². The summed E-state index contributed by atoms with van der Waals surface area (Å²) in [7, 11) is 1.86. The van der Waals surface area contributed by atoms with Crippen LogP contribution < -0.4 is 4.74 Å². The van der Waals surface area contributed by atoms with Crippen LogP contribution in [0.25, 0.3) is 11.2 Å². The summed E-state index contributed by atoms with van der Waals surface area (Å²) < 4.78 is 20.7. The summed E-state index contributed by atoms with van der Waals surface area (Å²) in [5.41, 5.74) is 2.43. The lowest BCUT2D eigenvalue weighted by Crippen LogP contribution is -2.46. The highest BCUT2D eigenvalue weighted by molar-refractivity contribution is 5.81. The highest BCUT2D eigenvalue weighted by Crippen LogP contribution is 2.30. The van der Waals surface area contributed by atoms with Crippen molar-refractivity contribution in [3.63, 3.8) is 0 Å². The Balaban J connectivity index is 1.50. The van der Waals surface area contributed by atoms with Gasteiger partial charge in [0, 0.05) is 38.4 Å². The summed E-state index contributed by atoms with van der Waals surface area (Å²) in [6, 6.07) is 5.75. The number of fused-ring (bicyclic) bond motifs is 1. The molecule has 1 aromatic carbocycles. The fourth-order valence-corrected chi connectivity index (χ4v) is 3.87. The molecule has 0 bridgehead atoms. The maximum atomic E-state index is 13.1. The Labute approximate surface area is 168 Å². The van der Waals surface area contributed by atoms with Gasteiger partial charge in [-0.15, -0.1) is 0 Å². The maximum absolute atomic E-state index is 13.1. The minimum atomic E-state index is -0.598. The van der Waals surface area contributed by atoms with E-state index in [1.165, 1.54) is 12.1 Å². The fraction of sp³-hybridized carbons (Fsp3) is 0.429. The van der Waals surface area contributed by atoms with Crippen molar-refractivity contribution in [2.45, 2.75) is 38.2 Å². The minimum Gasteiger partial charge on any atom is -0.481 e. The number of likely N-dealkylation sites (tertiary alicyclic amines) is 1. The predicted molar refractivity (Wildman–Crippen MR) is 106 cm³/mol. The molecule has 0 spiro atoms. The zero-order chi connectivity index (χ0) is 20.4. The van der Waals surface area contributed by atoms with Crippen molar-refractivity contribution >= 4 is 17.1 Å². The highest BCUT2D eigenvalue weighted by Gasteiger charge is 2.32. The van der Waals surface area contributed by atoms with Gasteiger partial charge in [0.2, 0.25) is 0 Å². The lowest BCUT2D eigenvalue weighted by Gasteiger charge is -2.34. The van der Waals surface area contributed by atoms with E-state index in [4.69, 9.17) is 4.74 Å². The molecular formula is C21H24FN5O2. The molecule has 152 valence electrons. The van der Waals surface area contributed by atoms with Gasteiger partial charge in [-0.1, -0.05) is 6.92 Å². The number of ether oxygens (including phenoxy) is 1.